The predicted octanol–water partition coefficient (Wildman–Crippen LogP) is 0.407. The molecule has 0 saturated heterocycles. The summed E-state index contributed by atoms with van der Waals surface area (Å²) < 4.78 is 0. The fourth-order valence-electron chi connectivity index (χ4n) is 2.56. The van der Waals surface area contributed by atoms with Crippen LogP contribution < -0.4 is 16.6 Å². The van der Waals surface area contributed by atoms with Crippen LogP contribution >= 0.6 is 11.3 Å². The van der Waals surface area contributed by atoms with Crippen LogP contribution in [0.2, 0.25) is 0 Å². The van der Waals surface area contributed by atoms with E-state index < -0.39 is 6.10 Å². The average Bonchev–Trinajstić information content (AvgIpc) is 3.05. The first kappa shape index (κ1) is 21.0. The number of benzene rings is 1. The zero-order chi connectivity index (χ0) is 19.8. The molecule has 1 aromatic heterocycles. The number of rotatable bonds is 9. The zero-order valence-electron chi connectivity index (χ0n) is 15.4. The number of carbonyl (C=O) groups is 2. The second-order valence-electron chi connectivity index (χ2n) is 6.24. The highest BCUT2D eigenvalue weighted by atomic mass is 32.1. The number of amides is 2. The normalized spacial score (nSPS) is 11.9. The zero-order valence-corrected chi connectivity index (χ0v) is 16.3. The standard InChI is InChI=1S/C18H25N5O3S/c1-12(24)9-23(17(26)8-22-19)10-16(25)20-7-14-3-5-15(6-4-14)18-13(2)21-11-27-18/h3-6,11-12,22,24H,7-10,19H2,1-2H3,(H,20,25). The number of nitrogens with one attached hydrogen (secondary N) is 2. The van der Waals surface area contributed by atoms with E-state index in [1.807, 2.05) is 36.7 Å². The van der Waals surface area contributed by atoms with Crippen molar-refractivity contribution in [2.45, 2.75) is 26.5 Å². The van der Waals surface area contributed by atoms with E-state index >= 15 is 0 Å². The number of aliphatic hydroxyl groups excluding tert-OH is 1. The third-order valence-corrected chi connectivity index (χ3v) is 4.85. The highest BCUT2D eigenvalue weighted by Gasteiger charge is 2.18. The van der Waals surface area contributed by atoms with E-state index in [9.17, 15) is 14.7 Å². The van der Waals surface area contributed by atoms with Crippen LogP contribution in [0.15, 0.2) is 29.8 Å². The van der Waals surface area contributed by atoms with Crippen molar-refractivity contribution in [3.05, 3.63) is 41.0 Å². The number of nitrogens with two attached hydrogens (primary N) is 1. The minimum Gasteiger partial charge on any atom is -0.392 e. The first-order valence-electron chi connectivity index (χ1n) is 8.56. The van der Waals surface area contributed by atoms with Crippen molar-refractivity contribution in [1.82, 2.24) is 20.6 Å². The number of aliphatic hydroxyl groups is 1. The van der Waals surface area contributed by atoms with Crippen molar-refractivity contribution in [3.63, 3.8) is 0 Å². The number of aryl methyl sites for hydroxylation is 1. The molecule has 0 aliphatic rings. The number of nitrogens with zero attached hydrogens (tertiary/aromatic N) is 2. The van der Waals surface area contributed by atoms with Gasteiger partial charge >= 0.3 is 0 Å². The van der Waals surface area contributed by atoms with Crippen LogP contribution in [0.4, 0.5) is 0 Å². The largest absolute Gasteiger partial charge is 0.392 e. The Morgan fingerprint density at radius 1 is 1.33 bits per heavy atom. The van der Waals surface area contributed by atoms with Gasteiger partial charge in [0, 0.05) is 13.1 Å². The third kappa shape index (κ3) is 6.40. The van der Waals surface area contributed by atoms with Crippen molar-refractivity contribution in [3.8, 4) is 10.4 Å². The lowest BCUT2D eigenvalue weighted by Crippen LogP contribution is -2.47. The summed E-state index contributed by atoms with van der Waals surface area (Å²) in [7, 11) is 0. The second kappa shape index (κ2) is 10.1. The summed E-state index contributed by atoms with van der Waals surface area (Å²) in [6.45, 7) is 3.71. The Hall–Kier alpha value is -2.33. The molecule has 9 heteroatoms. The molecule has 0 radical (unpaired) electrons. The molecule has 0 bridgehead atoms. The van der Waals surface area contributed by atoms with E-state index in [2.05, 4.69) is 15.7 Å². The molecule has 0 fully saturated rings. The molecule has 2 rings (SSSR count). The number of aromatic nitrogens is 1. The Morgan fingerprint density at radius 3 is 2.59 bits per heavy atom. The predicted molar refractivity (Wildman–Crippen MR) is 105 cm³/mol. The lowest BCUT2D eigenvalue weighted by Gasteiger charge is -2.23. The Bertz CT molecular complexity index is 761. The number of hydrogen-bond acceptors (Lipinski definition) is 7. The van der Waals surface area contributed by atoms with Crippen LogP contribution in [0.25, 0.3) is 10.4 Å². The van der Waals surface area contributed by atoms with E-state index in [0.29, 0.717) is 6.54 Å². The highest BCUT2D eigenvalue weighted by molar-refractivity contribution is 7.13. The minimum absolute atomic E-state index is 0.0663. The van der Waals surface area contributed by atoms with Crippen LogP contribution in [0.5, 0.6) is 0 Å². The fourth-order valence-corrected chi connectivity index (χ4v) is 3.37. The van der Waals surface area contributed by atoms with E-state index in [1.165, 1.54) is 4.90 Å². The third-order valence-electron chi connectivity index (χ3n) is 3.88. The SMILES string of the molecule is Cc1ncsc1-c1ccc(CNC(=O)CN(CC(C)O)C(=O)CNN)cc1. The summed E-state index contributed by atoms with van der Waals surface area (Å²) in [6, 6.07) is 7.90. The first-order valence-corrected chi connectivity index (χ1v) is 9.44. The average molecular weight is 391 g/mol. The molecular formula is C18H25N5O3S. The maximum Gasteiger partial charge on any atom is 0.239 e. The van der Waals surface area contributed by atoms with Gasteiger partial charge < -0.3 is 15.3 Å². The Kier molecular flexibility index (Phi) is 7.86. The van der Waals surface area contributed by atoms with Gasteiger partial charge in [0.15, 0.2) is 0 Å². The molecule has 27 heavy (non-hydrogen) atoms. The van der Waals surface area contributed by atoms with Gasteiger partial charge in [0.25, 0.3) is 0 Å². The fraction of sp³-hybridized carbons (Fsp3) is 0.389. The summed E-state index contributed by atoms with van der Waals surface area (Å²) in [5.41, 5.74) is 7.12. The number of hydrogen-bond donors (Lipinski definition) is 4. The number of carbonyl (C=O) groups excluding carboxylic acids is 2. The van der Waals surface area contributed by atoms with E-state index in [-0.39, 0.29) is 31.4 Å². The van der Waals surface area contributed by atoms with Crippen molar-refractivity contribution in [2.24, 2.45) is 5.84 Å². The monoisotopic (exact) mass is 391 g/mol. The second-order valence-corrected chi connectivity index (χ2v) is 7.10. The Balaban J connectivity index is 1.90. The molecule has 5 N–H and O–H groups in total. The van der Waals surface area contributed by atoms with Crippen LogP contribution in [-0.4, -0.2) is 52.5 Å². The lowest BCUT2D eigenvalue weighted by atomic mass is 10.1. The van der Waals surface area contributed by atoms with Gasteiger partial charge in [0.1, 0.15) is 0 Å². The lowest BCUT2D eigenvalue weighted by molar-refractivity contribution is -0.136. The maximum absolute atomic E-state index is 12.2. The van der Waals surface area contributed by atoms with Gasteiger partial charge in [-0.1, -0.05) is 24.3 Å². The summed E-state index contributed by atoms with van der Waals surface area (Å²) in [5, 5.41) is 12.3. The topological polar surface area (TPSA) is 121 Å². The molecule has 1 heterocycles. The molecule has 0 aliphatic heterocycles. The van der Waals surface area contributed by atoms with Crippen molar-refractivity contribution in [2.75, 3.05) is 19.6 Å². The van der Waals surface area contributed by atoms with Gasteiger partial charge in [-0.15, -0.1) is 11.3 Å². The van der Waals surface area contributed by atoms with Gasteiger partial charge in [0.05, 0.1) is 35.3 Å². The highest BCUT2D eigenvalue weighted by Crippen LogP contribution is 2.27. The molecule has 0 aliphatic carbocycles. The molecule has 1 aromatic carbocycles. The maximum atomic E-state index is 12.2. The minimum atomic E-state index is -0.734. The van der Waals surface area contributed by atoms with E-state index in [1.54, 1.807) is 18.3 Å². The summed E-state index contributed by atoms with van der Waals surface area (Å²) in [6.07, 6.45) is -0.734. The molecule has 8 nitrogen and oxygen atoms in total. The van der Waals surface area contributed by atoms with Crippen LogP contribution in [-0.2, 0) is 16.1 Å². The van der Waals surface area contributed by atoms with Crippen molar-refractivity contribution in [1.29, 1.82) is 0 Å². The van der Waals surface area contributed by atoms with Crippen LogP contribution in [0.3, 0.4) is 0 Å². The Morgan fingerprint density at radius 2 is 2.04 bits per heavy atom. The van der Waals surface area contributed by atoms with E-state index in [4.69, 9.17) is 5.84 Å². The smallest absolute Gasteiger partial charge is 0.239 e. The summed E-state index contributed by atoms with van der Waals surface area (Å²) >= 11 is 1.59. The van der Waals surface area contributed by atoms with Crippen LogP contribution in [0.1, 0.15) is 18.2 Å². The molecule has 0 saturated carbocycles. The van der Waals surface area contributed by atoms with Gasteiger partial charge in [0.2, 0.25) is 11.8 Å². The van der Waals surface area contributed by atoms with Crippen molar-refractivity contribution >= 4 is 23.2 Å². The molecule has 2 amide bonds. The number of hydrazine groups is 1. The van der Waals surface area contributed by atoms with Gasteiger partial charge in [-0.05, 0) is 25.0 Å². The van der Waals surface area contributed by atoms with E-state index in [0.717, 1.165) is 21.7 Å². The molecular weight excluding hydrogens is 366 g/mol. The first-order chi connectivity index (χ1) is 12.9. The van der Waals surface area contributed by atoms with Gasteiger partial charge in [-0.2, -0.15) is 0 Å². The van der Waals surface area contributed by atoms with Crippen molar-refractivity contribution < 1.29 is 14.7 Å². The van der Waals surface area contributed by atoms with Crippen LogP contribution in [0, 0.1) is 6.92 Å². The van der Waals surface area contributed by atoms with Gasteiger partial charge in [-0.25, -0.2) is 4.98 Å². The summed E-state index contributed by atoms with van der Waals surface area (Å²) in [4.78, 5) is 30.8. The summed E-state index contributed by atoms with van der Waals surface area (Å²) in [5.74, 6) is 4.50. The quantitative estimate of drug-likeness (QED) is 0.363. The molecule has 0 spiro atoms. The molecule has 2 aromatic rings. The molecule has 146 valence electrons. The molecule has 1 atom stereocenters. The Labute approximate surface area is 162 Å². The number of thiazole rings is 1. The molecule has 1 unspecified atom stereocenters. The van der Waals surface area contributed by atoms with Gasteiger partial charge in [-0.3, -0.25) is 20.9 Å².